The molecule has 20 heavy (non-hydrogen) atoms. The molecular weight excluding hydrogens is 252 g/mol. The van der Waals surface area contributed by atoms with Crippen LogP contribution in [0, 0.1) is 0 Å². The Kier molecular flexibility index (Phi) is 5.68. The van der Waals surface area contributed by atoms with Gasteiger partial charge in [-0.1, -0.05) is 6.92 Å². The number of ether oxygens (including phenoxy) is 2. The smallest absolute Gasteiger partial charge is 0.119 e. The third-order valence-corrected chi connectivity index (χ3v) is 3.79. The van der Waals surface area contributed by atoms with Crippen LogP contribution in [0.3, 0.4) is 0 Å². The molecule has 2 unspecified atom stereocenters. The Bertz CT molecular complexity index is 394. The Hall–Kier alpha value is -1.26. The molecule has 0 aromatic heterocycles. The molecule has 1 aromatic rings. The number of nitrogens with two attached hydrogens (primary N) is 1. The monoisotopic (exact) mass is 278 g/mol. The molecule has 0 saturated carbocycles. The fraction of sp³-hybridized carbons (Fsp3) is 0.625. The minimum Gasteiger partial charge on any atom is -0.494 e. The van der Waals surface area contributed by atoms with E-state index in [0.717, 1.165) is 50.6 Å². The SMILES string of the molecule is CCC1COC(C)CN1CCCOc1ccc(N)cc1. The molecule has 1 aliphatic rings. The van der Waals surface area contributed by atoms with Crippen LogP contribution in [0.1, 0.15) is 26.7 Å². The molecule has 0 bridgehead atoms. The fourth-order valence-electron chi connectivity index (χ4n) is 2.58. The maximum absolute atomic E-state index is 5.73. The summed E-state index contributed by atoms with van der Waals surface area (Å²) in [5.74, 6) is 0.890. The molecule has 2 N–H and O–H groups in total. The molecule has 4 heteroatoms. The average molecular weight is 278 g/mol. The van der Waals surface area contributed by atoms with Gasteiger partial charge in [0.05, 0.1) is 19.3 Å². The van der Waals surface area contributed by atoms with Crippen molar-refractivity contribution in [2.75, 3.05) is 32.0 Å². The number of hydrogen-bond acceptors (Lipinski definition) is 4. The maximum Gasteiger partial charge on any atom is 0.119 e. The van der Waals surface area contributed by atoms with Crippen LogP contribution < -0.4 is 10.5 Å². The van der Waals surface area contributed by atoms with Gasteiger partial charge in [0.25, 0.3) is 0 Å². The van der Waals surface area contributed by atoms with Crippen molar-refractivity contribution in [2.45, 2.75) is 38.8 Å². The second-order valence-corrected chi connectivity index (χ2v) is 5.47. The average Bonchev–Trinajstić information content (AvgIpc) is 2.46. The molecule has 4 nitrogen and oxygen atoms in total. The lowest BCUT2D eigenvalue weighted by Crippen LogP contribution is -2.48. The van der Waals surface area contributed by atoms with Gasteiger partial charge in [-0.2, -0.15) is 0 Å². The van der Waals surface area contributed by atoms with E-state index < -0.39 is 0 Å². The van der Waals surface area contributed by atoms with Gasteiger partial charge in [-0.05, 0) is 44.0 Å². The van der Waals surface area contributed by atoms with Crippen LogP contribution in [0.4, 0.5) is 5.69 Å². The lowest BCUT2D eigenvalue weighted by molar-refractivity contribution is -0.0567. The standard InChI is InChI=1S/C16H26N2O2/c1-3-15-12-20-13(2)11-18(15)9-4-10-19-16-7-5-14(17)6-8-16/h5-8,13,15H,3-4,9-12,17H2,1-2H3. The Morgan fingerprint density at radius 2 is 2.10 bits per heavy atom. The van der Waals surface area contributed by atoms with Gasteiger partial charge in [-0.25, -0.2) is 0 Å². The van der Waals surface area contributed by atoms with Crippen molar-refractivity contribution in [3.8, 4) is 5.75 Å². The number of hydrogen-bond donors (Lipinski definition) is 1. The van der Waals surface area contributed by atoms with E-state index in [1.807, 2.05) is 24.3 Å². The second kappa shape index (κ2) is 7.50. The van der Waals surface area contributed by atoms with E-state index in [4.69, 9.17) is 15.2 Å². The maximum atomic E-state index is 5.73. The van der Waals surface area contributed by atoms with Crippen LogP contribution in [0.2, 0.25) is 0 Å². The summed E-state index contributed by atoms with van der Waals surface area (Å²) in [5.41, 5.74) is 6.42. The highest BCUT2D eigenvalue weighted by molar-refractivity contribution is 5.41. The first kappa shape index (κ1) is 15.1. The van der Waals surface area contributed by atoms with Crippen molar-refractivity contribution in [1.29, 1.82) is 0 Å². The molecule has 1 saturated heterocycles. The molecule has 0 aliphatic carbocycles. The molecule has 0 amide bonds. The Labute approximate surface area is 121 Å². The molecule has 112 valence electrons. The van der Waals surface area contributed by atoms with Crippen LogP contribution >= 0.6 is 0 Å². The van der Waals surface area contributed by atoms with Gasteiger partial charge in [0.15, 0.2) is 0 Å². The number of benzene rings is 1. The second-order valence-electron chi connectivity index (χ2n) is 5.47. The Morgan fingerprint density at radius 3 is 2.80 bits per heavy atom. The topological polar surface area (TPSA) is 47.7 Å². The Morgan fingerprint density at radius 1 is 1.35 bits per heavy atom. The number of morpholine rings is 1. The highest BCUT2D eigenvalue weighted by atomic mass is 16.5. The van der Waals surface area contributed by atoms with E-state index in [2.05, 4.69) is 18.7 Å². The predicted molar refractivity (Wildman–Crippen MR) is 82.0 cm³/mol. The van der Waals surface area contributed by atoms with Gasteiger partial charge in [-0.3, -0.25) is 4.90 Å². The van der Waals surface area contributed by atoms with Crippen molar-refractivity contribution in [3.63, 3.8) is 0 Å². The van der Waals surface area contributed by atoms with Gasteiger partial charge < -0.3 is 15.2 Å². The third-order valence-electron chi connectivity index (χ3n) is 3.79. The summed E-state index contributed by atoms with van der Waals surface area (Å²) >= 11 is 0. The van der Waals surface area contributed by atoms with Crippen LogP contribution in [-0.4, -0.2) is 43.3 Å². The van der Waals surface area contributed by atoms with E-state index in [1.54, 1.807) is 0 Å². The molecule has 2 atom stereocenters. The first-order chi connectivity index (χ1) is 9.69. The van der Waals surface area contributed by atoms with E-state index >= 15 is 0 Å². The van der Waals surface area contributed by atoms with E-state index in [1.165, 1.54) is 0 Å². The number of nitrogen functional groups attached to an aromatic ring is 1. The predicted octanol–water partition coefficient (Wildman–Crippen LogP) is 2.54. The van der Waals surface area contributed by atoms with E-state index in [9.17, 15) is 0 Å². The zero-order valence-electron chi connectivity index (χ0n) is 12.5. The molecule has 1 heterocycles. The summed E-state index contributed by atoms with van der Waals surface area (Å²) in [4.78, 5) is 2.53. The first-order valence-corrected chi connectivity index (χ1v) is 7.53. The van der Waals surface area contributed by atoms with E-state index in [-0.39, 0.29) is 0 Å². The number of anilines is 1. The van der Waals surface area contributed by atoms with Crippen LogP contribution in [-0.2, 0) is 4.74 Å². The van der Waals surface area contributed by atoms with Crippen LogP contribution in [0.15, 0.2) is 24.3 Å². The lowest BCUT2D eigenvalue weighted by atomic mass is 10.1. The molecule has 1 aliphatic heterocycles. The Balaban J connectivity index is 1.70. The highest BCUT2D eigenvalue weighted by Crippen LogP contribution is 2.16. The summed E-state index contributed by atoms with van der Waals surface area (Å²) in [6.45, 7) is 8.07. The lowest BCUT2D eigenvalue weighted by Gasteiger charge is -2.38. The number of rotatable bonds is 6. The normalized spacial score (nSPS) is 23.7. The van der Waals surface area contributed by atoms with E-state index in [0.29, 0.717) is 12.1 Å². The van der Waals surface area contributed by atoms with Crippen molar-refractivity contribution >= 4 is 5.69 Å². The minimum atomic E-state index is 0.343. The zero-order chi connectivity index (χ0) is 14.4. The van der Waals surface area contributed by atoms with Gasteiger partial charge in [0.1, 0.15) is 5.75 Å². The minimum absolute atomic E-state index is 0.343. The van der Waals surface area contributed by atoms with Gasteiger partial charge in [-0.15, -0.1) is 0 Å². The molecule has 1 aromatic carbocycles. The van der Waals surface area contributed by atoms with Crippen molar-refractivity contribution in [3.05, 3.63) is 24.3 Å². The molecule has 1 fully saturated rings. The van der Waals surface area contributed by atoms with Gasteiger partial charge >= 0.3 is 0 Å². The quantitative estimate of drug-likeness (QED) is 0.641. The molecular formula is C16H26N2O2. The molecule has 0 radical (unpaired) electrons. The van der Waals surface area contributed by atoms with Crippen molar-refractivity contribution < 1.29 is 9.47 Å². The number of nitrogens with zero attached hydrogens (tertiary/aromatic N) is 1. The van der Waals surface area contributed by atoms with Gasteiger partial charge in [0.2, 0.25) is 0 Å². The van der Waals surface area contributed by atoms with Gasteiger partial charge in [0, 0.05) is 24.8 Å². The molecule has 2 rings (SSSR count). The first-order valence-electron chi connectivity index (χ1n) is 7.53. The highest BCUT2D eigenvalue weighted by Gasteiger charge is 2.24. The summed E-state index contributed by atoms with van der Waals surface area (Å²) in [6.07, 6.45) is 2.52. The summed E-state index contributed by atoms with van der Waals surface area (Å²) < 4.78 is 11.4. The van der Waals surface area contributed by atoms with Crippen LogP contribution in [0.25, 0.3) is 0 Å². The third kappa shape index (κ3) is 4.39. The fourth-order valence-corrected chi connectivity index (χ4v) is 2.58. The summed E-state index contributed by atoms with van der Waals surface area (Å²) in [5, 5.41) is 0. The summed E-state index contributed by atoms with van der Waals surface area (Å²) in [7, 11) is 0. The van der Waals surface area contributed by atoms with Crippen molar-refractivity contribution in [1.82, 2.24) is 4.90 Å². The zero-order valence-corrected chi connectivity index (χ0v) is 12.5. The summed E-state index contributed by atoms with van der Waals surface area (Å²) in [6, 6.07) is 8.13. The van der Waals surface area contributed by atoms with Crippen molar-refractivity contribution in [2.24, 2.45) is 0 Å². The largest absolute Gasteiger partial charge is 0.494 e. The van der Waals surface area contributed by atoms with Crippen LogP contribution in [0.5, 0.6) is 5.75 Å². The molecule has 0 spiro atoms.